The van der Waals surface area contributed by atoms with Crippen molar-refractivity contribution in [1.29, 1.82) is 0 Å². The Hall–Kier alpha value is -1.75. The molecule has 5 nitrogen and oxygen atoms in total. The average molecular weight is 363 g/mol. The summed E-state index contributed by atoms with van der Waals surface area (Å²) >= 11 is 0. The highest BCUT2D eigenvalue weighted by Crippen LogP contribution is 2.27. The molecular formula is C21H34N2O3. The first-order chi connectivity index (χ1) is 12.6. The molecule has 1 N–H and O–H groups in total. The van der Waals surface area contributed by atoms with Crippen LogP contribution >= 0.6 is 0 Å². The molecule has 1 amide bonds. The maximum Gasteiger partial charge on any atom is 0.412 e. The van der Waals surface area contributed by atoms with E-state index in [1.54, 1.807) is 0 Å². The zero-order chi connectivity index (χ0) is 18.8. The molecule has 0 aromatic heterocycles. The molecule has 0 aliphatic heterocycles. The summed E-state index contributed by atoms with van der Waals surface area (Å²) in [6.45, 7) is 2.86. The second-order valence-corrected chi connectivity index (χ2v) is 7.29. The Labute approximate surface area is 158 Å². The Kier molecular flexibility index (Phi) is 8.75. The predicted octanol–water partition coefficient (Wildman–Crippen LogP) is 5.07. The third-order valence-corrected chi connectivity index (χ3v) is 4.97. The molecular weight excluding hydrogens is 328 g/mol. The molecule has 1 saturated carbocycles. The molecule has 1 fully saturated rings. The van der Waals surface area contributed by atoms with Gasteiger partial charge in [-0.05, 0) is 51.9 Å². The summed E-state index contributed by atoms with van der Waals surface area (Å²) in [5.74, 6) is 0.703. The molecule has 0 saturated heterocycles. The Balaban J connectivity index is 1.88. The highest BCUT2D eigenvalue weighted by molar-refractivity contribution is 5.86. The van der Waals surface area contributed by atoms with Crippen molar-refractivity contribution in [2.24, 2.45) is 0 Å². The molecule has 5 heteroatoms. The first kappa shape index (κ1) is 20.6. The van der Waals surface area contributed by atoms with E-state index in [-0.39, 0.29) is 6.10 Å². The van der Waals surface area contributed by atoms with Crippen molar-refractivity contribution >= 4 is 11.8 Å². The second-order valence-electron chi connectivity index (χ2n) is 7.29. The first-order valence-electron chi connectivity index (χ1n) is 9.97. The van der Waals surface area contributed by atoms with Crippen LogP contribution in [0.5, 0.6) is 5.75 Å². The van der Waals surface area contributed by atoms with Crippen LogP contribution in [-0.2, 0) is 4.74 Å². The van der Waals surface area contributed by atoms with Crippen LogP contribution < -0.4 is 10.1 Å². The molecule has 0 bridgehead atoms. The van der Waals surface area contributed by atoms with E-state index in [0.717, 1.165) is 25.7 Å². The lowest BCUT2D eigenvalue weighted by Gasteiger charge is -2.35. The van der Waals surface area contributed by atoms with E-state index in [2.05, 4.69) is 17.1 Å². The van der Waals surface area contributed by atoms with Gasteiger partial charge in [0, 0.05) is 6.04 Å². The highest BCUT2D eigenvalue weighted by Gasteiger charge is 2.30. The van der Waals surface area contributed by atoms with Gasteiger partial charge in [-0.15, -0.1) is 0 Å². The summed E-state index contributed by atoms with van der Waals surface area (Å²) in [7, 11) is 4.10. The lowest BCUT2D eigenvalue weighted by molar-refractivity contribution is 0.0272. The summed E-state index contributed by atoms with van der Waals surface area (Å²) in [5, 5.41) is 2.86. The van der Waals surface area contributed by atoms with Gasteiger partial charge in [-0.2, -0.15) is 0 Å². The Bertz CT molecular complexity index is 548. The molecule has 0 heterocycles. The Morgan fingerprint density at radius 2 is 1.92 bits per heavy atom. The molecule has 26 heavy (non-hydrogen) atoms. The summed E-state index contributed by atoms with van der Waals surface area (Å²) in [5.41, 5.74) is 0.671. The van der Waals surface area contributed by atoms with Crippen molar-refractivity contribution in [3.05, 3.63) is 24.3 Å². The van der Waals surface area contributed by atoms with Crippen molar-refractivity contribution in [1.82, 2.24) is 4.90 Å². The van der Waals surface area contributed by atoms with Gasteiger partial charge in [0.1, 0.15) is 11.9 Å². The first-order valence-corrected chi connectivity index (χ1v) is 9.97. The van der Waals surface area contributed by atoms with Crippen LogP contribution in [0.2, 0.25) is 0 Å². The van der Waals surface area contributed by atoms with Crippen molar-refractivity contribution in [3.8, 4) is 5.75 Å². The maximum absolute atomic E-state index is 12.4. The molecule has 0 unspecified atom stereocenters. The number of hydrogen-bond acceptors (Lipinski definition) is 4. The zero-order valence-electron chi connectivity index (χ0n) is 16.5. The number of carbonyl (C=O) groups is 1. The van der Waals surface area contributed by atoms with E-state index >= 15 is 0 Å². The van der Waals surface area contributed by atoms with E-state index in [0.29, 0.717) is 24.1 Å². The number of likely N-dealkylation sites (N-methyl/N-ethyl adjacent to an activating group) is 1. The fraction of sp³-hybridized carbons (Fsp3) is 0.667. The van der Waals surface area contributed by atoms with Gasteiger partial charge in [-0.1, -0.05) is 44.7 Å². The normalized spacial score (nSPS) is 20.0. The zero-order valence-corrected chi connectivity index (χ0v) is 16.5. The van der Waals surface area contributed by atoms with Crippen molar-refractivity contribution in [3.63, 3.8) is 0 Å². The summed E-state index contributed by atoms with van der Waals surface area (Å²) in [4.78, 5) is 14.6. The number of hydrogen-bond donors (Lipinski definition) is 1. The molecule has 1 aromatic rings. The van der Waals surface area contributed by atoms with Crippen LogP contribution in [0.3, 0.4) is 0 Å². The number of carbonyl (C=O) groups excluding carboxylic acids is 1. The van der Waals surface area contributed by atoms with E-state index in [4.69, 9.17) is 9.47 Å². The molecule has 146 valence electrons. The second kappa shape index (κ2) is 11.1. The quantitative estimate of drug-likeness (QED) is 0.623. The Morgan fingerprint density at radius 1 is 1.15 bits per heavy atom. The number of benzene rings is 1. The number of amides is 1. The Morgan fingerprint density at radius 3 is 2.69 bits per heavy atom. The average Bonchev–Trinajstić information content (AvgIpc) is 2.63. The van der Waals surface area contributed by atoms with E-state index in [1.807, 2.05) is 38.4 Å². The van der Waals surface area contributed by atoms with Gasteiger partial charge in [0.25, 0.3) is 0 Å². The van der Waals surface area contributed by atoms with E-state index < -0.39 is 6.09 Å². The number of nitrogens with one attached hydrogen (secondary N) is 1. The minimum Gasteiger partial charge on any atom is -0.491 e. The van der Waals surface area contributed by atoms with Gasteiger partial charge in [0.05, 0.1) is 12.3 Å². The molecule has 1 aliphatic rings. The van der Waals surface area contributed by atoms with Gasteiger partial charge in [0.2, 0.25) is 0 Å². The number of unbranched alkanes of at least 4 members (excludes halogenated alkanes) is 3. The van der Waals surface area contributed by atoms with Crippen LogP contribution in [0.4, 0.5) is 10.5 Å². The van der Waals surface area contributed by atoms with Gasteiger partial charge >= 0.3 is 6.09 Å². The number of nitrogens with zero attached hydrogens (tertiary/aromatic N) is 1. The fourth-order valence-corrected chi connectivity index (χ4v) is 3.49. The third kappa shape index (κ3) is 6.52. The number of para-hydroxylation sites is 2. The molecule has 1 aliphatic carbocycles. The smallest absolute Gasteiger partial charge is 0.412 e. The number of ether oxygens (including phenoxy) is 2. The SMILES string of the molecule is CCCCCCOc1ccccc1NC(=O)O[C@@H]1CCCC[C@H]1N(C)C. The van der Waals surface area contributed by atoms with Gasteiger partial charge in [0.15, 0.2) is 0 Å². The summed E-state index contributed by atoms with van der Waals surface area (Å²) in [6.07, 6.45) is 8.48. The predicted molar refractivity (Wildman–Crippen MR) is 106 cm³/mol. The van der Waals surface area contributed by atoms with Gasteiger partial charge < -0.3 is 14.4 Å². The third-order valence-electron chi connectivity index (χ3n) is 4.97. The molecule has 2 atom stereocenters. The van der Waals surface area contributed by atoms with Crippen molar-refractivity contribution in [2.45, 2.75) is 70.4 Å². The standard InChI is InChI=1S/C21H34N2O3/c1-4-5-6-11-16-25-19-14-9-7-12-17(19)22-21(24)26-20-15-10-8-13-18(20)23(2)3/h7,9,12,14,18,20H,4-6,8,10-11,13,15-16H2,1-3H3,(H,22,24)/t18-,20-/m1/s1. The van der Waals surface area contributed by atoms with Crippen molar-refractivity contribution < 1.29 is 14.3 Å². The number of anilines is 1. The molecule has 0 radical (unpaired) electrons. The largest absolute Gasteiger partial charge is 0.491 e. The van der Waals surface area contributed by atoms with Crippen LogP contribution in [0.15, 0.2) is 24.3 Å². The lowest BCUT2D eigenvalue weighted by Crippen LogP contribution is -2.44. The minimum absolute atomic E-state index is 0.0547. The van der Waals surface area contributed by atoms with Crippen LogP contribution in [-0.4, -0.2) is 43.8 Å². The maximum atomic E-state index is 12.4. The summed E-state index contributed by atoms with van der Waals surface area (Å²) in [6, 6.07) is 7.84. The fourth-order valence-electron chi connectivity index (χ4n) is 3.49. The molecule has 0 spiro atoms. The molecule has 1 aromatic carbocycles. The van der Waals surface area contributed by atoms with E-state index in [9.17, 15) is 4.79 Å². The van der Waals surface area contributed by atoms with Crippen LogP contribution in [0.25, 0.3) is 0 Å². The summed E-state index contributed by atoms with van der Waals surface area (Å²) < 4.78 is 11.6. The molecule has 2 rings (SSSR count). The minimum atomic E-state index is -0.397. The highest BCUT2D eigenvalue weighted by atomic mass is 16.6. The van der Waals surface area contributed by atoms with Crippen molar-refractivity contribution in [2.75, 3.05) is 26.0 Å². The van der Waals surface area contributed by atoms with Gasteiger partial charge in [-0.25, -0.2) is 4.79 Å². The topological polar surface area (TPSA) is 50.8 Å². The van der Waals surface area contributed by atoms with Gasteiger partial charge in [-0.3, -0.25) is 5.32 Å². The lowest BCUT2D eigenvalue weighted by atomic mass is 9.92. The van der Waals surface area contributed by atoms with Crippen LogP contribution in [0, 0.1) is 0 Å². The monoisotopic (exact) mass is 362 g/mol. The van der Waals surface area contributed by atoms with Crippen LogP contribution in [0.1, 0.15) is 58.3 Å². The number of rotatable bonds is 9. The van der Waals surface area contributed by atoms with E-state index in [1.165, 1.54) is 25.7 Å².